The van der Waals surface area contributed by atoms with Crippen molar-refractivity contribution in [3.63, 3.8) is 0 Å². The van der Waals surface area contributed by atoms with Gasteiger partial charge in [0.25, 0.3) is 0 Å². The number of methoxy groups -OCH3 is 1. The van der Waals surface area contributed by atoms with E-state index in [1.165, 1.54) is 7.11 Å². The van der Waals surface area contributed by atoms with Crippen LogP contribution in [0.5, 0.6) is 0 Å². The third-order valence-electron chi connectivity index (χ3n) is 1.80. The van der Waals surface area contributed by atoms with Gasteiger partial charge in [-0.3, -0.25) is 5.32 Å². The first-order valence-corrected chi connectivity index (χ1v) is 4.31. The van der Waals surface area contributed by atoms with Gasteiger partial charge in [0.05, 0.1) is 5.56 Å². The van der Waals surface area contributed by atoms with Gasteiger partial charge >= 0.3 is 6.03 Å². The van der Waals surface area contributed by atoms with E-state index >= 15 is 0 Å². The number of H-pyrrole nitrogens is 1. The van der Waals surface area contributed by atoms with Crippen LogP contribution < -0.4 is 10.6 Å². The fourth-order valence-corrected chi connectivity index (χ4v) is 1.06. The normalized spacial score (nSPS) is 9.40. The molecule has 15 heavy (non-hydrogen) atoms. The van der Waals surface area contributed by atoms with Gasteiger partial charge in [-0.15, -0.1) is 0 Å². The topological polar surface area (TPSA) is 89.9 Å². The second-order valence-corrected chi connectivity index (χ2v) is 2.90. The van der Waals surface area contributed by atoms with Crippen LogP contribution in [0.15, 0.2) is 6.20 Å². The Morgan fingerprint density at radius 1 is 1.73 bits per heavy atom. The molecular weight excluding hydrogens is 196 g/mol. The number of anilines is 1. The van der Waals surface area contributed by atoms with Crippen LogP contribution >= 0.6 is 0 Å². The molecule has 0 aromatic carbocycles. The van der Waals surface area contributed by atoms with Crippen LogP contribution in [0.3, 0.4) is 0 Å². The molecule has 1 aromatic rings. The Balaban J connectivity index is 2.65. The predicted octanol–water partition coefficient (Wildman–Crippen LogP) is 0.920. The number of hydrogen-bond donors (Lipinski definition) is 3. The lowest BCUT2D eigenvalue weighted by molar-refractivity contribution is 0.177. The van der Waals surface area contributed by atoms with Crippen molar-refractivity contribution in [3.05, 3.63) is 17.3 Å². The summed E-state index contributed by atoms with van der Waals surface area (Å²) in [7, 11) is 1.47. The molecule has 0 aliphatic heterocycles. The number of aromatic nitrogens is 1. The molecule has 6 nitrogen and oxygen atoms in total. The van der Waals surface area contributed by atoms with Gasteiger partial charge in [-0.25, -0.2) is 4.79 Å². The molecule has 6 heteroatoms. The van der Waals surface area contributed by atoms with Crippen LogP contribution in [0, 0.1) is 18.3 Å². The molecule has 1 aromatic heterocycles. The smallest absolute Gasteiger partial charge is 0.322 e. The average Bonchev–Trinajstić information content (AvgIpc) is 2.56. The number of hydrogen-bond acceptors (Lipinski definition) is 3. The summed E-state index contributed by atoms with van der Waals surface area (Å²) < 4.78 is 4.66. The van der Waals surface area contributed by atoms with E-state index in [2.05, 4.69) is 20.4 Å². The van der Waals surface area contributed by atoms with E-state index in [-0.39, 0.29) is 6.73 Å². The van der Waals surface area contributed by atoms with Crippen LogP contribution in [0.25, 0.3) is 0 Å². The maximum absolute atomic E-state index is 11.2. The number of nitrogens with zero attached hydrogens (tertiary/aromatic N) is 1. The van der Waals surface area contributed by atoms with Crippen LogP contribution in [0.4, 0.5) is 10.6 Å². The highest BCUT2D eigenvalue weighted by molar-refractivity contribution is 5.89. The summed E-state index contributed by atoms with van der Waals surface area (Å²) in [5.74, 6) is 0.392. The molecular formula is C9H12N4O2. The first-order chi connectivity index (χ1) is 7.19. The lowest BCUT2D eigenvalue weighted by atomic mass is 10.2. The second-order valence-electron chi connectivity index (χ2n) is 2.90. The zero-order chi connectivity index (χ0) is 11.3. The largest absolute Gasteiger partial charge is 0.364 e. The van der Waals surface area contributed by atoms with Gasteiger partial charge < -0.3 is 15.0 Å². The third-order valence-corrected chi connectivity index (χ3v) is 1.80. The Bertz CT molecular complexity index is 391. The van der Waals surface area contributed by atoms with Crippen molar-refractivity contribution in [2.45, 2.75) is 6.92 Å². The Kier molecular flexibility index (Phi) is 3.71. The number of nitriles is 1. The molecule has 0 spiro atoms. The summed E-state index contributed by atoms with van der Waals surface area (Å²) in [5, 5.41) is 13.8. The molecule has 0 aliphatic carbocycles. The third kappa shape index (κ3) is 2.72. The molecule has 3 N–H and O–H groups in total. The van der Waals surface area contributed by atoms with Gasteiger partial charge in [0.1, 0.15) is 18.6 Å². The van der Waals surface area contributed by atoms with E-state index in [1.54, 1.807) is 13.1 Å². The number of aryl methyl sites for hydroxylation is 1. The predicted molar refractivity (Wildman–Crippen MR) is 54.3 cm³/mol. The summed E-state index contributed by atoms with van der Waals surface area (Å²) in [6, 6.07) is 1.58. The van der Waals surface area contributed by atoms with Gasteiger partial charge in [0.15, 0.2) is 0 Å². The molecule has 0 saturated heterocycles. The fraction of sp³-hybridized carbons (Fsp3) is 0.333. The Morgan fingerprint density at radius 3 is 3.07 bits per heavy atom. The minimum Gasteiger partial charge on any atom is -0.364 e. The lowest BCUT2D eigenvalue weighted by Crippen LogP contribution is -2.30. The van der Waals surface area contributed by atoms with Gasteiger partial charge in [0, 0.05) is 13.3 Å². The van der Waals surface area contributed by atoms with E-state index in [0.29, 0.717) is 11.4 Å². The van der Waals surface area contributed by atoms with Crippen molar-refractivity contribution < 1.29 is 9.53 Å². The number of carbonyl (C=O) groups excluding carboxylic acids is 1. The molecule has 0 unspecified atom stereocenters. The molecule has 0 saturated carbocycles. The average molecular weight is 208 g/mol. The SMILES string of the molecule is COCNC(=O)Nc1[nH]cc(C)c1C#N. The number of aromatic amines is 1. The summed E-state index contributed by atoms with van der Waals surface area (Å²) in [6.45, 7) is 1.90. The van der Waals surface area contributed by atoms with Crippen molar-refractivity contribution >= 4 is 11.8 Å². The van der Waals surface area contributed by atoms with E-state index in [0.717, 1.165) is 5.56 Å². The number of rotatable bonds is 3. The van der Waals surface area contributed by atoms with E-state index in [4.69, 9.17) is 5.26 Å². The standard InChI is InChI=1S/C9H12N4O2/c1-6-4-11-8(7(6)3-10)13-9(14)12-5-15-2/h4,11H,5H2,1-2H3,(H2,12,13,14). The molecule has 80 valence electrons. The molecule has 1 rings (SSSR count). The van der Waals surface area contributed by atoms with Gasteiger partial charge in [-0.1, -0.05) is 0 Å². The molecule has 0 fully saturated rings. The van der Waals surface area contributed by atoms with Crippen LogP contribution in [-0.2, 0) is 4.74 Å². The van der Waals surface area contributed by atoms with Crippen molar-refractivity contribution in [2.75, 3.05) is 19.2 Å². The monoisotopic (exact) mass is 208 g/mol. The fourth-order valence-electron chi connectivity index (χ4n) is 1.06. The van der Waals surface area contributed by atoms with E-state index in [1.807, 2.05) is 6.07 Å². The summed E-state index contributed by atoms with van der Waals surface area (Å²) >= 11 is 0. The lowest BCUT2D eigenvalue weighted by Gasteiger charge is -2.05. The zero-order valence-electron chi connectivity index (χ0n) is 8.55. The second kappa shape index (κ2) is 5.02. The maximum Gasteiger partial charge on any atom is 0.322 e. The van der Waals surface area contributed by atoms with Crippen LogP contribution in [0.2, 0.25) is 0 Å². The van der Waals surface area contributed by atoms with E-state index < -0.39 is 6.03 Å². The first kappa shape index (κ1) is 11.1. The summed E-state index contributed by atoms with van der Waals surface area (Å²) in [5.41, 5.74) is 1.22. The summed E-state index contributed by atoms with van der Waals surface area (Å²) in [6.07, 6.45) is 1.66. The van der Waals surface area contributed by atoms with Gasteiger partial charge in [-0.2, -0.15) is 5.26 Å². The maximum atomic E-state index is 11.2. The van der Waals surface area contributed by atoms with Gasteiger partial charge in [-0.05, 0) is 12.5 Å². The molecule has 1 heterocycles. The zero-order valence-corrected chi connectivity index (χ0v) is 8.55. The highest BCUT2D eigenvalue weighted by Gasteiger charge is 2.09. The van der Waals surface area contributed by atoms with Crippen molar-refractivity contribution in [3.8, 4) is 6.07 Å². The van der Waals surface area contributed by atoms with Crippen LogP contribution in [0.1, 0.15) is 11.1 Å². The minimum absolute atomic E-state index is 0.118. The quantitative estimate of drug-likeness (QED) is 0.645. The Labute approximate surface area is 87.2 Å². The minimum atomic E-state index is -0.421. The number of carbonyl (C=O) groups is 1. The summed E-state index contributed by atoms with van der Waals surface area (Å²) in [4.78, 5) is 14.0. The van der Waals surface area contributed by atoms with Crippen molar-refractivity contribution in [1.29, 1.82) is 5.26 Å². The number of urea groups is 1. The number of nitrogens with one attached hydrogen (secondary N) is 3. The number of ether oxygens (including phenoxy) is 1. The molecule has 0 bridgehead atoms. The highest BCUT2D eigenvalue weighted by Crippen LogP contribution is 2.16. The Morgan fingerprint density at radius 2 is 2.47 bits per heavy atom. The molecule has 0 radical (unpaired) electrons. The molecule has 0 atom stereocenters. The van der Waals surface area contributed by atoms with Crippen molar-refractivity contribution in [2.24, 2.45) is 0 Å². The van der Waals surface area contributed by atoms with Gasteiger partial charge in [0.2, 0.25) is 0 Å². The number of amides is 2. The van der Waals surface area contributed by atoms with E-state index in [9.17, 15) is 4.79 Å². The molecule has 0 aliphatic rings. The Hall–Kier alpha value is -2.00. The highest BCUT2D eigenvalue weighted by atomic mass is 16.5. The first-order valence-electron chi connectivity index (χ1n) is 4.31. The van der Waals surface area contributed by atoms with Crippen molar-refractivity contribution in [1.82, 2.24) is 10.3 Å². The molecule has 2 amide bonds. The van der Waals surface area contributed by atoms with Crippen LogP contribution in [-0.4, -0.2) is 24.9 Å².